The minimum Gasteiger partial charge on any atom is -0.390 e. The van der Waals surface area contributed by atoms with Gasteiger partial charge in [-0.25, -0.2) is 0 Å². The highest BCUT2D eigenvalue weighted by Gasteiger charge is 2.25. The van der Waals surface area contributed by atoms with E-state index in [-0.39, 0.29) is 28.5 Å². The molecule has 37 heavy (non-hydrogen) atoms. The molecule has 0 heterocycles. The quantitative estimate of drug-likeness (QED) is 0.292. The number of rotatable bonds is 15. The molecule has 0 radical (unpaired) electrons. The molecule has 0 bridgehead atoms. The second-order valence-electron chi connectivity index (χ2n) is 9.85. The summed E-state index contributed by atoms with van der Waals surface area (Å²) in [7, 11) is 0. The Morgan fingerprint density at radius 3 is 2.11 bits per heavy atom. The van der Waals surface area contributed by atoms with Crippen molar-refractivity contribution < 1.29 is 19.5 Å². The third-order valence-corrected chi connectivity index (χ3v) is 6.03. The van der Waals surface area contributed by atoms with Crippen LogP contribution >= 0.6 is 0 Å². The van der Waals surface area contributed by atoms with Gasteiger partial charge in [0.2, 0.25) is 5.91 Å². The first-order chi connectivity index (χ1) is 17.7. The molecular formula is C29H42N4O4. The molecule has 0 aromatic heterocycles. The number of hydrogen-bond donors (Lipinski definition) is 4. The molecule has 8 nitrogen and oxygen atoms in total. The lowest BCUT2D eigenvalue weighted by molar-refractivity contribution is 0.0755. The molecule has 2 aromatic carbocycles. The van der Waals surface area contributed by atoms with E-state index in [1.54, 1.807) is 4.90 Å². The van der Waals surface area contributed by atoms with Gasteiger partial charge in [0.15, 0.2) is 0 Å². The summed E-state index contributed by atoms with van der Waals surface area (Å²) in [4.78, 5) is 40.2. The Labute approximate surface area is 220 Å². The number of nitrogens with one attached hydrogen (secondary N) is 2. The number of benzene rings is 2. The van der Waals surface area contributed by atoms with Crippen LogP contribution in [0.25, 0.3) is 0 Å². The van der Waals surface area contributed by atoms with E-state index in [2.05, 4.69) is 10.6 Å². The third kappa shape index (κ3) is 9.63. The Bertz CT molecular complexity index is 1020. The first kappa shape index (κ1) is 30.0. The number of nitrogens with two attached hydrogens (primary N) is 1. The van der Waals surface area contributed by atoms with Gasteiger partial charge in [-0.1, -0.05) is 58.0 Å². The van der Waals surface area contributed by atoms with Gasteiger partial charge in [-0.3, -0.25) is 14.4 Å². The first-order valence-corrected chi connectivity index (χ1v) is 13.1. The van der Waals surface area contributed by atoms with Crippen LogP contribution in [0.3, 0.4) is 0 Å². The van der Waals surface area contributed by atoms with Gasteiger partial charge >= 0.3 is 0 Å². The van der Waals surface area contributed by atoms with E-state index in [0.717, 1.165) is 18.4 Å². The van der Waals surface area contributed by atoms with Crippen molar-refractivity contribution in [1.29, 1.82) is 0 Å². The van der Waals surface area contributed by atoms with Crippen molar-refractivity contribution in [3.63, 3.8) is 0 Å². The zero-order valence-corrected chi connectivity index (χ0v) is 22.5. The normalized spacial score (nSPS) is 12.7. The average molecular weight is 511 g/mol. The summed E-state index contributed by atoms with van der Waals surface area (Å²) in [5.41, 5.74) is 7.11. The maximum atomic E-state index is 13.3. The minimum absolute atomic E-state index is 0.0921. The number of amides is 3. The predicted octanol–water partition coefficient (Wildman–Crippen LogP) is 3.34. The number of carbonyl (C=O) groups is 3. The van der Waals surface area contributed by atoms with Crippen molar-refractivity contribution in [3.8, 4) is 0 Å². The van der Waals surface area contributed by atoms with E-state index < -0.39 is 24.0 Å². The van der Waals surface area contributed by atoms with E-state index in [1.165, 1.54) is 18.2 Å². The van der Waals surface area contributed by atoms with Crippen molar-refractivity contribution >= 4 is 17.7 Å². The van der Waals surface area contributed by atoms with E-state index >= 15 is 0 Å². The predicted molar refractivity (Wildman–Crippen MR) is 146 cm³/mol. The number of carbonyl (C=O) groups excluding carboxylic acids is 3. The second kappa shape index (κ2) is 15.1. The Morgan fingerprint density at radius 1 is 0.946 bits per heavy atom. The molecule has 0 fully saturated rings. The molecule has 2 atom stereocenters. The Kier molecular flexibility index (Phi) is 12.3. The van der Waals surface area contributed by atoms with Crippen molar-refractivity contribution in [2.45, 2.75) is 65.6 Å². The highest BCUT2D eigenvalue weighted by Crippen LogP contribution is 2.16. The molecule has 202 valence electrons. The van der Waals surface area contributed by atoms with Crippen molar-refractivity contribution in [2.75, 3.05) is 19.6 Å². The standard InChI is InChI=1S/C29H42N4O4/c1-5-12-33(13-6-2)29(37)24-16-22(27(30)35)15-23(17-24)28(36)32-25(14-20(3)4)26(34)19-31-18-21-10-8-7-9-11-21/h7-11,15-17,20,25-26,31,34H,5-6,12-14,18-19H2,1-4H3,(H2,30,35)(H,32,36)/t25-,26+/m0/s1. The third-order valence-electron chi connectivity index (χ3n) is 6.03. The highest BCUT2D eigenvalue weighted by molar-refractivity contribution is 6.04. The van der Waals surface area contributed by atoms with Crippen LogP contribution in [-0.4, -0.2) is 59.5 Å². The van der Waals surface area contributed by atoms with Gasteiger partial charge in [0.1, 0.15) is 0 Å². The van der Waals surface area contributed by atoms with Crippen molar-refractivity contribution in [1.82, 2.24) is 15.5 Å². The number of aliphatic hydroxyl groups excluding tert-OH is 1. The number of nitrogens with zero attached hydrogens (tertiary/aromatic N) is 1. The Hall–Kier alpha value is -3.23. The monoisotopic (exact) mass is 510 g/mol. The molecule has 0 saturated carbocycles. The second-order valence-corrected chi connectivity index (χ2v) is 9.85. The largest absolute Gasteiger partial charge is 0.390 e. The summed E-state index contributed by atoms with van der Waals surface area (Å²) in [6.07, 6.45) is 1.31. The minimum atomic E-state index is -0.833. The molecule has 0 aliphatic rings. The SMILES string of the molecule is CCCN(CCC)C(=O)c1cc(C(N)=O)cc(C(=O)N[C@@H](CC(C)C)[C@H](O)CNCc2ccccc2)c1. The summed E-state index contributed by atoms with van der Waals surface area (Å²) in [6, 6.07) is 13.7. The highest BCUT2D eigenvalue weighted by atomic mass is 16.3. The molecule has 0 aliphatic heterocycles. The lowest BCUT2D eigenvalue weighted by Crippen LogP contribution is -2.48. The number of hydrogen-bond acceptors (Lipinski definition) is 5. The van der Waals surface area contributed by atoms with Gasteiger partial charge in [0, 0.05) is 42.9 Å². The zero-order valence-electron chi connectivity index (χ0n) is 22.5. The molecule has 5 N–H and O–H groups in total. The van der Waals surface area contributed by atoms with Gasteiger partial charge in [-0.15, -0.1) is 0 Å². The summed E-state index contributed by atoms with van der Waals surface area (Å²) < 4.78 is 0. The van der Waals surface area contributed by atoms with Crippen LogP contribution < -0.4 is 16.4 Å². The van der Waals surface area contributed by atoms with E-state index in [1.807, 2.05) is 58.0 Å². The molecule has 2 rings (SSSR count). The fourth-order valence-corrected chi connectivity index (χ4v) is 4.24. The maximum Gasteiger partial charge on any atom is 0.253 e. The maximum absolute atomic E-state index is 13.3. The molecule has 8 heteroatoms. The van der Waals surface area contributed by atoms with Crippen LogP contribution in [0.2, 0.25) is 0 Å². The summed E-state index contributed by atoms with van der Waals surface area (Å²) in [5.74, 6) is -1.21. The lowest BCUT2D eigenvalue weighted by Gasteiger charge is -2.26. The van der Waals surface area contributed by atoms with Gasteiger partial charge < -0.3 is 26.4 Å². The molecule has 0 spiro atoms. The van der Waals surface area contributed by atoms with E-state index in [0.29, 0.717) is 32.6 Å². The van der Waals surface area contributed by atoms with Crippen LogP contribution in [-0.2, 0) is 6.54 Å². The van der Waals surface area contributed by atoms with E-state index in [9.17, 15) is 19.5 Å². The van der Waals surface area contributed by atoms with Crippen LogP contribution in [0.15, 0.2) is 48.5 Å². The fraction of sp³-hybridized carbons (Fsp3) is 0.483. The lowest BCUT2D eigenvalue weighted by atomic mass is 9.97. The van der Waals surface area contributed by atoms with E-state index in [4.69, 9.17) is 5.73 Å². The van der Waals surface area contributed by atoms with Crippen molar-refractivity contribution in [3.05, 3.63) is 70.8 Å². The molecule has 0 aliphatic carbocycles. The van der Waals surface area contributed by atoms with Crippen LogP contribution in [0.4, 0.5) is 0 Å². The van der Waals surface area contributed by atoms with Crippen molar-refractivity contribution in [2.24, 2.45) is 11.7 Å². The zero-order chi connectivity index (χ0) is 27.4. The van der Waals surface area contributed by atoms with Gasteiger partial charge in [0.25, 0.3) is 11.8 Å². The summed E-state index contributed by atoms with van der Waals surface area (Å²) in [5, 5.41) is 17.1. The summed E-state index contributed by atoms with van der Waals surface area (Å²) >= 11 is 0. The van der Waals surface area contributed by atoms with Gasteiger partial charge in [0.05, 0.1) is 12.1 Å². The first-order valence-electron chi connectivity index (χ1n) is 13.1. The van der Waals surface area contributed by atoms with Gasteiger partial charge in [-0.05, 0) is 48.9 Å². The van der Waals surface area contributed by atoms with Gasteiger partial charge in [-0.2, -0.15) is 0 Å². The molecule has 2 aromatic rings. The number of aliphatic hydroxyl groups is 1. The topological polar surface area (TPSA) is 125 Å². The Balaban J connectivity index is 2.21. The Morgan fingerprint density at radius 2 is 1.54 bits per heavy atom. The molecule has 0 unspecified atom stereocenters. The molecular weight excluding hydrogens is 468 g/mol. The van der Waals surface area contributed by atoms with Crippen LogP contribution in [0, 0.1) is 5.92 Å². The summed E-state index contributed by atoms with van der Waals surface area (Å²) in [6.45, 7) is 10.1. The van der Waals surface area contributed by atoms with Crippen LogP contribution in [0.1, 0.15) is 83.6 Å². The molecule has 3 amide bonds. The molecule has 0 saturated heterocycles. The number of primary amides is 1. The fourth-order valence-electron chi connectivity index (χ4n) is 4.24. The van der Waals surface area contributed by atoms with Crippen LogP contribution in [0.5, 0.6) is 0 Å². The smallest absolute Gasteiger partial charge is 0.253 e. The average Bonchev–Trinajstić information content (AvgIpc) is 2.87.